The van der Waals surface area contributed by atoms with E-state index in [2.05, 4.69) is 6.07 Å². The minimum atomic E-state index is -0.248. The Balaban J connectivity index is 3.02. The van der Waals surface area contributed by atoms with Gasteiger partial charge in [-0.1, -0.05) is 13.0 Å². The van der Waals surface area contributed by atoms with Crippen molar-refractivity contribution in [2.75, 3.05) is 6.61 Å². The molecule has 0 amide bonds. The summed E-state index contributed by atoms with van der Waals surface area (Å²) in [6.07, 6.45) is 1.09. The van der Waals surface area contributed by atoms with Gasteiger partial charge in [0.15, 0.2) is 0 Å². The second kappa shape index (κ2) is 6.05. The Morgan fingerprint density at radius 2 is 2.12 bits per heavy atom. The molecule has 3 heteroatoms. The van der Waals surface area contributed by atoms with Crippen LogP contribution in [0.4, 0.5) is 0 Å². The maximum absolute atomic E-state index is 11.4. The van der Waals surface area contributed by atoms with Gasteiger partial charge in [-0.25, -0.2) is 0 Å². The molecule has 0 saturated heterocycles. The molecule has 17 heavy (non-hydrogen) atoms. The molecule has 1 aromatic rings. The second-order valence-electron chi connectivity index (χ2n) is 3.87. The second-order valence-corrected chi connectivity index (χ2v) is 3.87. The van der Waals surface area contributed by atoms with Gasteiger partial charge in [0.05, 0.1) is 24.7 Å². The highest BCUT2D eigenvalue weighted by Gasteiger charge is 2.09. The summed E-state index contributed by atoms with van der Waals surface area (Å²) in [6, 6.07) is 5.91. The highest BCUT2D eigenvalue weighted by atomic mass is 16.5. The lowest BCUT2D eigenvalue weighted by atomic mass is 9.96. The van der Waals surface area contributed by atoms with Crippen molar-refractivity contribution in [2.45, 2.75) is 33.6 Å². The number of hydrogen-bond acceptors (Lipinski definition) is 3. The van der Waals surface area contributed by atoms with E-state index in [0.29, 0.717) is 12.2 Å². The van der Waals surface area contributed by atoms with Gasteiger partial charge < -0.3 is 4.74 Å². The Labute approximate surface area is 102 Å². The number of rotatable bonds is 4. The van der Waals surface area contributed by atoms with Gasteiger partial charge in [0.25, 0.3) is 0 Å². The Morgan fingerprint density at radius 3 is 2.65 bits per heavy atom. The van der Waals surface area contributed by atoms with Gasteiger partial charge in [-0.15, -0.1) is 0 Å². The summed E-state index contributed by atoms with van der Waals surface area (Å²) in [5, 5.41) is 9.03. The molecule has 0 fully saturated rings. The van der Waals surface area contributed by atoms with Gasteiger partial charge >= 0.3 is 5.97 Å². The maximum Gasteiger partial charge on any atom is 0.310 e. The van der Waals surface area contributed by atoms with Crippen molar-refractivity contribution in [3.63, 3.8) is 0 Å². The third kappa shape index (κ3) is 3.32. The lowest BCUT2D eigenvalue weighted by molar-refractivity contribution is -0.142. The molecule has 0 heterocycles. The number of aryl methyl sites for hydroxylation is 1. The lowest BCUT2D eigenvalue weighted by Gasteiger charge is -2.09. The standard InChI is InChI=1S/C14H17NO2/c1-4-12-6-11(8-14(16)17-5-2)7-13(9-15)10(12)3/h6-7H,4-5,8H2,1-3H3. The number of carbonyl (C=O) groups excluding carboxylic acids is 1. The zero-order valence-corrected chi connectivity index (χ0v) is 10.5. The first-order valence-corrected chi connectivity index (χ1v) is 5.80. The van der Waals surface area contributed by atoms with E-state index < -0.39 is 0 Å². The average Bonchev–Trinajstić information content (AvgIpc) is 2.31. The molecule has 0 aromatic heterocycles. The van der Waals surface area contributed by atoms with Gasteiger partial charge in [-0.05, 0) is 43.0 Å². The van der Waals surface area contributed by atoms with Crippen LogP contribution >= 0.6 is 0 Å². The van der Waals surface area contributed by atoms with Crippen molar-refractivity contribution < 1.29 is 9.53 Å². The molecule has 1 aromatic carbocycles. The smallest absolute Gasteiger partial charge is 0.310 e. The van der Waals surface area contributed by atoms with E-state index in [1.54, 1.807) is 13.0 Å². The maximum atomic E-state index is 11.4. The molecule has 0 atom stereocenters. The molecule has 3 nitrogen and oxygen atoms in total. The summed E-state index contributed by atoms with van der Waals surface area (Å²) in [7, 11) is 0. The van der Waals surface area contributed by atoms with Gasteiger partial charge in [-0.3, -0.25) is 4.79 Å². The molecule has 0 radical (unpaired) electrons. The number of benzene rings is 1. The van der Waals surface area contributed by atoms with Gasteiger partial charge in [0.2, 0.25) is 0 Å². The van der Waals surface area contributed by atoms with Crippen LogP contribution in [0, 0.1) is 18.3 Å². The van der Waals surface area contributed by atoms with E-state index in [-0.39, 0.29) is 12.4 Å². The van der Waals surface area contributed by atoms with Crippen LogP contribution in [0.15, 0.2) is 12.1 Å². The summed E-state index contributed by atoms with van der Waals surface area (Å²) in [5.41, 5.74) is 3.61. The van der Waals surface area contributed by atoms with Crippen molar-refractivity contribution >= 4 is 5.97 Å². The molecule has 0 bridgehead atoms. The van der Waals surface area contributed by atoms with Gasteiger partial charge in [0, 0.05) is 0 Å². The van der Waals surface area contributed by atoms with E-state index in [4.69, 9.17) is 10.00 Å². The third-order valence-electron chi connectivity index (χ3n) is 2.73. The predicted molar refractivity (Wildman–Crippen MR) is 65.6 cm³/mol. The fourth-order valence-corrected chi connectivity index (χ4v) is 1.80. The van der Waals surface area contributed by atoms with Crippen LogP contribution in [-0.2, 0) is 22.4 Å². The first kappa shape index (κ1) is 13.2. The van der Waals surface area contributed by atoms with Crippen LogP contribution < -0.4 is 0 Å². The summed E-state index contributed by atoms with van der Waals surface area (Å²) < 4.78 is 4.90. The molecule has 0 N–H and O–H groups in total. The van der Waals surface area contributed by atoms with Crippen LogP contribution in [0.2, 0.25) is 0 Å². The van der Waals surface area contributed by atoms with E-state index in [1.165, 1.54) is 0 Å². The number of ether oxygens (including phenoxy) is 1. The molecule has 0 aliphatic rings. The molecule has 90 valence electrons. The highest BCUT2D eigenvalue weighted by molar-refractivity contribution is 5.73. The summed E-state index contributed by atoms with van der Waals surface area (Å²) >= 11 is 0. The van der Waals surface area contributed by atoms with E-state index in [1.807, 2.05) is 19.9 Å². The summed E-state index contributed by atoms with van der Waals surface area (Å²) in [4.78, 5) is 11.4. The first-order chi connectivity index (χ1) is 8.12. The Hall–Kier alpha value is -1.82. The van der Waals surface area contributed by atoms with Crippen LogP contribution in [0.5, 0.6) is 0 Å². The van der Waals surface area contributed by atoms with Crippen molar-refractivity contribution in [1.82, 2.24) is 0 Å². The van der Waals surface area contributed by atoms with Crippen molar-refractivity contribution in [2.24, 2.45) is 0 Å². The molecular weight excluding hydrogens is 214 g/mol. The molecule has 0 saturated carbocycles. The molecule has 0 spiro atoms. The number of nitrogens with zero attached hydrogens (tertiary/aromatic N) is 1. The van der Waals surface area contributed by atoms with Gasteiger partial charge in [-0.2, -0.15) is 5.26 Å². The van der Waals surface area contributed by atoms with Crippen molar-refractivity contribution in [1.29, 1.82) is 5.26 Å². The largest absolute Gasteiger partial charge is 0.466 e. The average molecular weight is 231 g/mol. The van der Waals surface area contributed by atoms with Crippen LogP contribution in [0.3, 0.4) is 0 Å². The zero-order chi connectivity index (χ0) is 12.8. The fraction of sp³-hybridized carbons (Fsp3) is 0.429. The third-order valence-corrected chi connectivity index (χ3v) is 2.73. The van der Waals surface area contributed by atoms with Crippen molar-refractivity contribution in [3.05, 3.63) is 34.4 Å². The Morgan fingerprint density at radius 1 is 1.41 bits per heavy atom. The topological polar surface area (TPSA) is 50.1 Å². The van der Waals surface area contributed by atoms with E-state index >= 15 is 0 Å². The molecule has 0 unspecified atom stereocenters. The molecule has 1 rings (SSSR count). The number of esters is 1. The Bertz CT molecular complexity index is 458. The quantitative estimate of drug-likeness (QED) is 0.748. The summed E-state index contributed by atoms with van der Waals surface area (Å²) in [5.74, 6) is -0.248. The number of hydrogen-bond donors (Lipinski definition) is 0. The predicted octanol–water partition coefficient (Wildman–Crippen LogP) is 2.53. The lowest BCUT2D eigenvalue weighted by Crippen LogP contribution is -2.08. The number of nitriles is 1. The molecular formula is C14H17NO2. The monoisotopic (exact) mass is 231 g/mol. The number of carbonyl (C=O) groups is 1. The molecule has 0 aliphatic carbocycles. The summed E-state index contributed by atoms with van der Waals surface area (Å²) in [6.45, 7) is 6.14. The Kier molecular flexibility index (Phi) is 4.71. The van der Waals surface area contributed by atoms with E-state index in [0.717, 1.165) is 23.1 Å². The highest BCUT2D eigenvalue weighted by Crippen LogP contribution is 2.17. The van der Waals surface area contributed by atoms with Crippen LogP contribution in [0.25, 0.3) is 0 Å². The van der Waals surface area contributed by atoms with E-state index in [9.17, 15) is 4.79 Å². The zero-order valence-electron chi connectivity index (χ0n) is 10.5. The normalized spacial score (nSPS) is 9.76. The van der Waals surface area contributed by atoms with Gasteiger partial charge in [0.1, 0.15) is 0 Å². The van der Waals surface area contributed by atoms with Crippen LogP contribution in [0.1, 0.15) is 36.1 Å². The minimum Gasteiger partial charge on any atom is -0.466 e. The fourth-order valence-electron chi connectivity index (χ4n) is 1.80. The first-order valence-electron chi connectivity index (χ1n) is 5.80. The van der Waals surface area contributed by atoms with Crippen LogP contribution in [-0.4, -0.2) is 12.6 Å². The SMILES string of the molecule is CCOC(=O)Cc1cc(C#N)c(C)c(CC)c1. The van der Waals surface area contributed by atoms with Crippen molar-refractivity contribution in [3.8, 4) is 6.07 Å². The minimum absolute atomic E-state index is 0.232. The molecule has 0 aliphatic heterocycles.